The molecule has 0 aromatic carbocycles. The fraction of sp³-hybridized carbons (Fsp3) is 0.333. The smallest absolute Gasteiger partial charge is 0.129 e. The van der Waals surface area contributed by atoms with Gasteiger partial charge in [0.15, 0.2) is 0 Å². The molecule has 2 rings (SSSR count). The lowest BCUT2D eigenvalue weighted by Crippen LogP contribution is -2.00. The molecule has 0 saturated heterocycles. The molecule has 0 unspecified atom stereocenters. The van der Waals surface area contributed by atoms with Crippen LogP contribution in [0.15, 0.2) is 23.7 Å². The van der Waals surface area contributed by atoms with Gasteiger partial charge in [-0.3, -0.25) is 0 Å². The molecule has 2 aromatic rings. The first-order chi connectivity index (χ1) is 8.25. The number of ether oxygens (including phenoxy) is 1. The number of pyridine rings is 1. The van der Waals surface area contributed by atoms with Crippen molar-refractivity contribution in [1.82, 2.24) is 9.97 Å². The first-order valence-corrected chi connectivity index (χ1v) is 6.59. The van der Waals surface area contributed by atoms with Gasteiger partial charge in [0.25, 0.3) is 0 Å². The van der Waals surface area contributed by atoms with Crippen LogP contribution in [0.4, 0.5) is 0 Å². The second-order valence-electron chi connectivity index (χ2n) is 3.62. The number of halogens is 1. The van der Waals surface area contributed by atoms with Crippen LogP contribution in [-0.4, -0.2) is 16.6 Å². The van der Waals surface area contributed by atoms with E-state index in [1.807, 2.05) is 24.6 Å². The van der Waals surface area contributed by atoms with E-state index in [0.717, 1.165) is 17.8 Å². The molecule has 3 nitrogen and oxygen atoms in total. The summed E-state index contributed by atoms with van der Waals surface area (Å²) in [7, 11) is 0. The molecule has 0 N–H and O–H groups in total. The fourth-order valence-electron chi connectivity index (χ4n) is 1.44. The van der Waals surface area contributed by atoms with Crippen LogP contribution < -0.4 is 0 Å². The summed E-state index contributed by atoms with van der Waals surface area (Å²) >= 11 is 7.46. The highest BCUT2D eigenvalue weighted by atomic mass is 35.5. The van der Waals surface area contributed by atoms with Crippen molar-refractivity contribution in [1.29, 1.82) is 0 Å². The summed E-state index contributed by atoms with van der Waals surface area (Å²) in [6, 6.07) is 5.54. The topological polar surface area (TPSA) is 35.0 Å². The molecule has 90 valence electrons. The molecule has 0 aliphatic heterocycles. The first-order valence-electron chi connectivity index (χ1n) is 5.34. The standard InChI is InChI=1S/C12H13ClN2OS/c1-9-11(17-8-14-9)5-6-16-7-10-3-2-4-12(13)15-10/h2-4,8H,5-7H2,1H3. The zero-order chi connectivity index (χ0) is 12.1. The van der Waals surface area contributed by atoms with Gasteiger partial charge < -0.3 is 4.74 Å². The minimum atomic E-state index is 0.498. The SMILES string of the molecule is Cc1ncsc1CCOCc1cccc(Cl)n1. The largest absolute Gasteiger partial charge is 0.375 e. The second-order valence-corrected chi connectivity index (χ2v) is 4.94. The molecule has 0 radical (unpaired) electrons. The number of hydrogen-bond acceptors (Lipinski definition) is 4. The maximum Gasteiger partial charge on any atom is 0.129 e. The molecule has 0 atom stereocenters. The predicted molar refractivity (Wildman–Crippen MR) is 69.5 cm³/mol. The summed E-state index contributed by atoms with van der Waals surface area (Å²) in [5, 5.41) is 0.504. The Morgan fingerprint density at radius 1 is 1.41 bits per heavy atom. The van der Waals surface area contributed by atoms with Crippen molar-refractivity contribution >= 4 is 22.9 Å². The Hall–Kier alpha value is -0.970. The molecule has 0 bridgehead atoms. The Morgan fingerprint density at radius 2 is 2.29 bits per heavy atom. The minimum Gasteiger partial charge on any atom is -0.375 e. The lowest BCUT2D eigenvalue weighted by atomic mass is 10.3. The Labute approximate surface area is 109 Å². The van der Waals surface area contributed by atoms with Gasteiger partial charge in [0.05, 0.1) is 30.1 Å². The van der Waals surface area contributed by atoms with Gasteiger partial charge in [0.1, 0.15) is 5.15 Å². The highest BCUT2D eigenvalue weighted by Crippen LogP contribution is 2.13. The van der Waals surface area contributed by atoms with E-state index < -0.39 is 0 Å². The van der Waals surface area contributed by atoms with E-state index in [4.69, 9.17) is 16.3 Å². The van der Waals surface area contributed by atoms with Crippen molar-refractivity contribution in [3.8, 4) is 0 Å². The number of rotatable bonds is 5. The molecule has 0 aliphatic rings. The number of aromatic nitrogens is 2. The van der Waals surface area contributed by atoms with Crippen LogP contribution in [0.3, 0.4) is 0 Å². The third kappa shape index (κ3) is 3.77. The summed E-state index contributed by atoms with van der Waals surface area (Å²) < 4.78 is 5.56. The zero-order valence-electron chi connectivity index (χ0n) is 9.52. The molecule has 0 fully saturated rings. The molecular formula is C12H13ClN2OS. The van der Waals surface area contributed by atoms with Gasteiger partial charge in [0, 0.05) is 11.3 Å². The van der Waals surface area contributed by atoms with Gasteiger partial charge in [-0.25, -0.2) is 9.97 Å². The second kappa shape index (κ2) is 6.10. The first kappa shape index (κ1) is 12.5. The Balaban J connectivity index is 1.75. The lowest BCUT2D eigenvalue weighted by Gasteiger charge is -2.03. The van der Waals surface area contributed by atoms with E-state index in [9.17, 15) is 0 Å². The third-order valence-electron chi connectivity index (χ3n) is 2.34. The molecule has 2 aromatic heterocycles. The number of thiazole rings is 1. The molecule has 0 aliphatic carbocycles. The van der Waals surface area contributed by atoms with Crippen LogP contribution in [0.5, 0.6) is 0 Å². The summed E-state index contributed by atoms with van der Waals surface area (Å²) in [6.07, 6.45) is 0.900. The zero-order valence-corrected chi connectivity index (χ0v) is 11.1. The van der Waals surface area contributed by atoms with E-state index in [-0.39, 0.29) is 0 Å². The molecular weight excluding hydrogens is 256 g/mol. The lowest BCUT2D eigenvalue weighted by molar-refractivity contribution is 0.121. The Bertz CT molecular complexity index is 487. The average molecular weight is 269 g/mol. The van der Waals surface area contributed by atoms with Gasteiger partial charge >= 0.3 is 0 Å². The molecule has 0 spiro atoms. The van der Waals surface area contributed by atoms with Gasteiger partial charge in [-0.2, -0.15) is 0 Å². The van der Waals surface area contributed by atoms with Crippen LogP contribution in [0.25, 0.3) is 0 Å². The predicted octanol–water partition coefficient (Wildman–Crippen LogP) is 3.26. The van der Waals surface area contributed by atoms with Crippen molar-refractivity contribution in [2.24, 2.45) is 0 Å². The molecule has 17 heavy (non-hydrogen) atoms. The number of hydrogen-bond donors (Lipinski definition) is 0. The van der Waals surface area contributed by atoms with E-state index in [2.05, 4.69) is 9.97 Å². The number of aryl methyl sites for hydroxylation is 1. The summed E-state index contributed by atoms with van der Waals surface area (Å²) in [5.74, 6) is 0. The van der Waals surface area contributed by atoms with Crippen LogP contribution >= 0.6 is 22.9 Å². The summed E-state index contributed by atoms with van der Waals surface area (Å²) in [4.78, 5) is 9.64. The van der Waals surface area contributed by atoms with Crippen molar-refractivity contribution in [2.45, 2.75) is 20.0 Å². The Kier molecular flexibility index (Phi) is 4.48. The van der Waals surface area contributed by atoms with Crippen molar-refractivity contribution in [3.05, 3.63) is 45.1 Å². The van der Waals surface area contributed by atoms with Gasteiger partial charge in [-0.15, -0.1) is 11.3 Å². The highest BCUT2D eigenvalue weighted by Gasteiger charge is 2.01. The molecule has 5 heteroatoms. The highest BCUT2D eigenvalue weighted by molar-refractivity contribution is 7.09. The van der Waals surface area contributed by atoms with Gasteiger partial charge in [0.2, 0.25) is 0 Å². The van der Waals surface area contributed by atoms with Gasteiger partial charge in [-0.1, -0.05) is 17.7 Å². The molecule has 0 amide bonds. The van der Waals surface area contributed by atoms with Crippen LogP contribution in [0.1, 0.15) is 16.3 Å². The van der Waals surface area contributed by atoms with E-state index in [1.54, 1.807) is 17.4 Å². The summed E-state index contributed by atoms with van der Waals surface area (Å²) in [6.45, 7) is 3.19. The maximum atomic E-state index is 5.79. The van der Waals surface area contributed by atoms with Crippen molar-refractivity contribution < 1.29 is 4.74 Å². The normalized spacial score (nSPS) is 10.7. The van der Waals surface area contributed by atoms with E-state index in [1.165, 1.54) is 4.88 Å². The average Bonchev–Trinajstić information content (AvgIpc) is 2.71. The molecule has 2 heterocycles. The third-order valence-corrected chi connectivity index (χ3v) is 3.55. The van der Waals surface area contributed by atoms with Gasteiger partial charge in [-0.05, 0) is 19.1 Å². The van der Waals surface area contributed by atoms with E-state index in [0.29, 0.717) is 18.4 Å². The van der Waals surface area contributed by atoms with Crippen LogP contribution in [0.2, 0.25) is 5.15 Å². The number of nitrogens with zero attached hydrogens (tertiary/aromatic N) is 2. The van der Waals surface area contributed by atoms with Crippen molar-refractivity contribution in [3.63, 3.8) is 0 Å². The quantitative estimate of drug-likeness (QED) is 0.617. The van der Waals surface area contributed by atoms with Crippen LogP contribution in [0, 0.1) is 6.92 Å². The molecule has 0 saturated carbocycles. The van der Waals surface area contributed by atoms with Crippen LogP contribution in [-0.2, 0) is 17.8 Å². The van der Waals surface area contributed by atoms with E-state index >= 15 is 0 Å². The monoisotopic (exact) mass is 268 g/mol. The summed E-state index contributed by atoms with van der Waals surface area (Å²) in [5.41, 5.74) is 3.82. The maximum absolute atomic E-state index is 5.79. The Morgan fingerprint density at radius 3 is 3.00 bits per heavy atom. The fourth-order valence-corrected chi connectivity index (χ4v) is 2.38. The van der Waals surface area contributed by atoms with Crippen molar-refractivity contribution in [2.75, 3.05) is 6.61 Å². The minimum absolute atomic E-state index is 0.498.